The second kappa shape index (κ2) is 7.16. The van der Waals surface area contributed by atoms with Crippen molar-refractivity contribution in [2.75, 3.05) is 10.2 Å². The van der Waals surface area contributed by atoms with Crippen molar-refractivity contribution in [3.63, 3.8) is 0 Å². The summed E-state index contributed by atoms with van der Waals surface area (Å²) in [4.78, 5) is 42.0. The first-order valence-corrected chi connectivity index (χ1v) is 9.92. The lowest BCUT2D eigenvalue weighted by atomic mass is 10.0. The molecule has 0 radical (unpaired) electrons. The summed E-state index contributed by atoms with van der Waals surface area (Å²) in [5.41, 5.74) is 2.99. The number of rotatable bonds is 4. The molecule has 0 spiro atoms. The van der Waals surface area contributed by atoms with Gasteiger partial charge in [-0.05, 0) is 41.8 Å². The molecule has 0 atom stereocenters. The zero-order valence-electron chi connectivity index (χ0n) is 15.6. The van der Waals surface area contributed by atoms with Crippen molar-refractivity contribution >= 4 is 50.1 Å². The van der Waals surface area contributed by atoms with E-state index in [0.717, 1.165) is 15.8 Å². The normalized spacial score (nSPS) is 14.3. The van der Waals surface area contributed by atoms with E-state index in [9.17, 15) is 14.4 Å². The van der Waals surface area contributed by atoms with Crippen molar-refractivity contribution < 1.29 is 14.4 Å². The third kappa shape index (κ3) is 3.29. The number of nitrogens with zero attached hydrogens (tertiary/aromatic N) is 2. The summed E-state index contributed by atoms with van der Waals surface area (Å²) in [6, 6.07) is 12.5. The first-order chi connectivity index (χ1) is 13.4. The third-order valence-corrected chi connectivity index (χ3v) is 5.67. The molecule has 2 aromatic carbocycles. The van der Waals surface area contributed by atoms with E-state index in [-0.39, 0.29) is 30.6 Å². The molecule has 28 heavy (non-hydrogen) atoms. The van der Waals surface area contributed by atoms with E-state index in [2.05, 4.69) is 30.2 Å². The SMILES string of the molecule is CC(C)c1cccc2sc(NC(=O)c3ccc(N4C(=O)CCC4=O)cc3)nc12. The minimum atomic E-state index is -0.282. The Morgan fingerprint density at radius 3 is 2.39 bits per heavy atom. The number of carbonyl (C=O) groups excluding carboxylic acids is 3. The molecular weight excluding hydrogens is 374 g/mol. The Morgan fingerprint density at radius 1 is 1.07 bits per heavy atom. The molecule has 0 saturated carbocycles. The maximum atomic E-state index is 12.6. The fourth-order valence-electron chi connectivity index (χ4n) is 3.28. The van der Waals surface area contributed by atoms with E-state index in [1.165, 1.54) is 16.2 Å². The Hall–Kier alpha value is -3.06. The largest absolute Gasteiger partial charge is 0.298 e. The predicted octanol–water partition coefficient (Wildman–Crippen LogP) is 4.33. The minimum absolute atomic E-state index is 0.211. The number of nitrogens with one attached hydrogen (secondary N) is 1. The molecule has 1 saturated heterocycles. The second-order valence-corrected chi connectivity index (χ2v) is 8.02. The van der Waals surface area contributed by atoms with Gasteiger partial charge in [0.15, 0.2) is 5.13 Å². The first-order valence-electron chi connectivity index (χ1n) is 9.10. The quantitative estimate of drug-likeness (QED) is 0.669. The molecule has 1 fully saturated rings. The zero-order chi connectivity index (χ0) is 19.8. The molecule has 1 aliphatic rings. The van der Waals surface area contributed by atoms with Crippen LogP contribution in [0.5, 0.6) is 0 Å². The highest BCUT2D eigenvalue weighted by molar-refractivity contribution is 7.22. The van der Waals surface area contributed by atoms with E-state index < -0.39 is 0 Å². The van der Waals surface area contributed by atoms with Gasteiger partial charge in [-0.25, -0.2) is 4.98 Å². The fraction of sp³-hybridized carbons (Fsp3) is 0.238. The van der Waals surface area contributed by atoms with Crippen LogP contribution in [0.15, 0.2) is 42.5 Å². The Kier molecular flexibility index (Phi) is 4.68. The first kappa shape index (κ1) is 18.3. The van der Waals surface area contributed by atoms with Crippen LogP contribution >= 0.6 is 11.3 Å². The van der Waals surface area contributed by atoms with Gasteiger partial charge in [0.1, 0.15) is 0 Å². The third-order valence-electron chi connectivity index (χ3n) is 4.73. The molecule has 3 aromatic rings. The van der Waals surface area contributed by atoms with Crippen molar-refractivity contribution in [1.82, 2.24) is 4.98 Å². The smallest absolute Gasteiger partial charge is 0.257 e. The van der Waals surface area contributed by atoms with Crippen LogP contribution in [-0.2, 0) is 9.59 Å². The van der Waals surface area contributed by atoms with Crippen molar-refractivity contribution in [1.29, 1.82) is 0 Å². The Labute approximate surface area is 166 Å². The predicted molar refractivity (Wildman–Crippen MR) is 110 cm³/mol. The van der Waals surface area contributed by atoms with E-state index in [1.807, 2.05) is 12.1 Å². The molecule has 0 bridgehead atoms. The van der Waals surface area contributed by atoms with Gasteiger partial charge >= 0.3 is 0 Å². The van der Waals surface area contributed by atoms with E-state index in [4.69, 9.17) is 0 Å². The van der Waals surface area contributed by atoms with Gasteiger partial charge in [-0.2, -0.15) is 0 Å². The number of amides is 3. The molecule has 1 aliphatic heterocycles. The summed E-state index contributed by atoms with van der Waals surface area (Å²) in [5.74, 6) is -0.357. The number of aromatic nitrogens is 1. The van der Waals surface area contributed by atoms with Crippen molar-refractivity contribution in [2.45, 2.75) is 32.6 Å². The Balaban J connectivity index is 1.54. The van der Waals surface area contributed by atoms with Gasteiger partial charge in [0, 0.05) is 18.4 Å². The maximum absolute atomic E-state index is 12.6. The highest BCUT2D eigenvalue weighted by atomic mass is 32.1. The van der Waals surface area contributed by atoms with Crippen LogP contribution in [0.3, 0.4) is 0 Å². The van der Waals surface area contributed by atoms with Crippen molar-refractivity contribution in [3.05, 3.63) is 53.6 Å². The van der Waals surface area contributed by atoms with Crippen LogP contribution in [-0.4, -0.2) is 22.7 Å². The van der Waals surface area contributed by atoms with Crippen LogP contribution < -0.4 is 10.2 Å². The van der Waals surface area contributed by atoms with Crippen LogP contribution in [0.2, 0.25) is 0 Å². The number of para-hydroxylation sites is 1. The summed E-state index contributed by atoms with van der Waals surface area (Å²) in [5, 5.41) is 3.38. The average molecular weight is 393 g/mol. The highest BCUT2D eigenvalue weighted by Crippen LogP contribution is 2.32. The van der Waals surface area contributed by atoms with Gasteiger partial charge in [0.25, 0.3) is 5.91 Å². The molecule has 4 rings (SSSR count). The number of hydrogen-bond acceptors (Lipinski definition) is 5. The van der Waals surface area contributed by atoms with Crippen molar-refractivity contribution in [2.24, 2.45) is 0 Å². The van der Waals surface area contributed by atoms with Crippen LogP contribution in [0, 0.1) is 0 Å². The lowest BCUT2D eigenvalue weighted by molar-refractivity contribution is -0.121. The number of carbonyl (C=O) groups is 3. The molecule has 0 aliphatic carbocycles. The molecule has 7 heteroatoms. The van der Waals surface area contributed by atoms with Crippen LogP contribution in [0.4, 0.5) is 10.8 Å². The van der Waals surface area contributed by atoms with Gasteiger partial charge in [-0.3, -0.25) is 24.6 Å². The average Bonchev–Trinajstić information content (AvgIpc) is 3.23. The highest BCUT2D eigenvalue weighted by Gasteiger charge is 2.30. The van der Waals surface area contributed by atoms with E-state index >= 15 is 0 Å². The monoisotopic (exact) mass is 393 g/mol. The molecule has 1 N–H and O–H groups in total. The number of hydrogen-bond donors (Lipinski definition) is 1. The summed E-state index contributed by atoms with van der Waals surface area (Å²) < 4.78 is 1.03. The number of fused-ring (bicyclic) bond motifs is 1. The summed E-state index contributed by atoms with van der Waals surface area (Å²) >= 11 is 1.44. The second-order valence-electron chi connectivity index (χ2n) is 6.99. The molecule has 6 nitrogen and oxygen atoms in total. The van der Waals surface area contributed by atoms with Gasteiger partial charge in [-0.15, -0.1) is 0 Å². The molecule has 0 unspecified atom stereocenters. The Morgan fingerprint density at radius 2 is 1.75 bits per heavy atom. The standard InChI is InChI=1S/C21H19N3O3S/c1-12(2)15-4-3-5-16-19(15)22-21(28-16)23-20(27)13-6-8-14(9-7-13)24-17(25)10-11-18(24)26/h3-9,12H,10-11H2,1-2H3,(H,22,23,27). The summed E-state index contributed by atoms with van der Waals surface area (Å²) in [7, 11) is 0. The van der Waals surface area contributed by atoms with Gasteiger partial charge in [0.2, 0.25) is 11.8 Å². The number of thiazole rings is 1. The molecule has 2 heterocycles. The Bertz CT molecular complexity index is 1070. The van der Waals surface area contributed by atoms with E-state index in [0.29, 0.717) is 22.3 Å². The molecule has 3 amide bonds. The topological polar surface area (TPSA) is 79.4 Å². The van der Waals surface area contributed by atoms with Crippen LogP contribution in [0.1, 0.15) is 48.5 Å². The molecular formula is C21H19N3O3S. The number of imide groups is 1. The van der Waals surface area contributed by atoms with Gasteiger partial charge in [-0.1, -0.05) is 37.3 Å². The zero-order valence-corrected chi connectivity index (χ0v) is 16.4. The molecule has 142 valence electrons. The lowest BCUT2D eigenvalue weighted by Gasteiger charge is -2.13. The fourth-order valence-corrected chi connectivity index (χ4v) is 4.18. The number of anilines is 2. The van der Waals surface area contributed by atoms with Gasteiger partial charge in [0.05, 0.1) is 15.9 Å². The van der Waals surface area contributed by atoms with Gasteiger partial charge < -0.3 is 0 Å². The number of benzene rings is 2. The summed E-state index contributed by atoms with van der Waals surface area (Å²) in [6.45, 7) is 4.23. The van der Waals surface area contributed by atoms with Crippen molar-refractivity contribution in [3.8, 4) is 0 Å². The maximum Gasteiger partial charge on any atom is 0.257 e. The van der Waals surface area contributed by atoms with E-state index in [1.54, 1.807) is 24.3 Å². The molecule has 1 aromatic heterocycles. The minimum Gasteiger partial charge on any atom is -0.298 e. The summed E-state index contributed by atoms with van der Waals surface area (Å²) in [6.07, 6.45) is 0.466. The lowest BCUT2D eigenvalue weighted by Crippen LogP contribution is -2.28. The van der Waals surface area contributed by atoms with Crippen LogP contribution in [0.25, 0.3) is 10.2 Å².